The summed E-state index contributed by atoms with van der Waals surface area (Å²) in [5.74, 6) is 0.159. The Morgan fingerprint density at radius 2 is 1.95 bits per heavy atom. The summed E-state index contributed by atoms with van der Waals surface area (Å²) in [5, 5.41) is 3.42. The SMILES string of the molecule is CCNCC(Cc1cc(F)cc(Br)c1)c1ccccc1C. The highest BCUT2D eigenvalue weighted by atomic mass is 79.9. The molecule has 0 saturated carbocycles. The van der Waals surface area contributed by atoms with Crippen molar-refractivity contribution >= 4 is 15.9 Å². The van der Waals surface area contributed by atoms with Gasteiger partial charge >= 0.3 is 0 Å². The van der Waals surface area contributed by atoms with Gasteiger partial charge in [-0.3, -0.25) is 0 Å². The summed E-state index contributed by atoms with van der Waals surface area (Å²) in [4.78, 5) is 0. The average Bonchev–Trinajstić information content (AvgIpc) is 2.43. The molecule has 0 amide bonds. The van der Waals surface area contributed by atoms with Gasteiger partial charge in [-0.25, -0.2) is 4.39 Å². The number of hydrogen-bond acceptors (Lipinski definition) is 1. The normalized spacial score (nSPS) is 12.4. The third-order valence-corrected chi connectivity index (χ3v) is 4.13. The largest absolute Gasteiger partial charge is 0.316 e. The number of likely N-dealkylation sites (N-methyl/N-ethyl adjacent to an activating group) is 1. The lowest BCUT2D eigenvalue weighted by molar-refractivity contribution is 0.586. The van der Waals surface area contributed by atoms with Gasteiger partial charge in [-0.1, -0.05) is 47.1 Å². The van der Waals surface area contributed by atoms with Crippen molar-refractivity contribution in [2.24, 2.45) is 0 Å². The van der Waals surface area contributed by atoms with Crippen LogP contribution in [0.1, 0.15) is 29.5 Å². The number of rotatable bonds is 6. The van der Waals surface area contributed by atoms with E-state index in [0.717, 1.165) is 29.5 Å². The van der Waals surface area contributed by atoms with Crippen LogP contribution in [0, 0.1) is 12.7 Å². The van der Waals surface area contributed by atoms with Crippen LogP contribution in [-0.4, -0.2) is 13.1 Å². The van der Waals surface area contributed by atoms with E-state index >= 15 is 0 Å². The van der Waals surface area contributed by atoms with Crippen molar-refractivity contribution in [3.8, 4) is 0 Å². The Balaban J connectivity index is 2.26. The summed E-state index contributed by atoms with van der Waals surface area (Å²) in [6.45, 7) is 6.08. The van der Waals surface area contributed by atoms with E-state index < -0.39 is 0 Å². The molecule has 0 fully saturated rings. The van der Waals surface area contributed by atoms with Crippen LogP contribution in [0.4, 0.5) is 4.39 Å². The monoisotopic (exact) mass is 349 g/mol. The molecule has 0 aliphatic carbocycles. The van der Waals surface area contributed by atoms with E-state index in [0.29, 0.717) is 5.92 Å². The number of benzene rings is 2. The fraction of sp³-hybridized carbons (Fsp3) is 0.333. The molecule has 0 bridgehead atoms. The Hall–Kier alpha value is -1.19. The third kappa shape index (κ3) is 4.65. The van der Waals surface area contributed by atoms with Crippen LogP contribution >= 0.6 is 15.9 Å². The van der Waals surface area contributed by atoms with Crippen molar-refractivity contribution < 1.29 is 4.39 Å². The van der Waals surface area contributed by atoms with Gasteiger partial charge in [0.25, 0.3) is 0 Å². The van der Waals surface area contributed by atoms with Crippen LogP contribution in [0.2, 0.25) is 0 Å². The van der Waals surface area contributed by atoms with Crippen molar-refractivity contribution in [3.63, 3.8) is 0 Å². The first-order valence-electron chi connectivity index (χ1n) is 7.31. The van der Waals surface area contributed by atoms with Gasteiger partial charge in [0.2, 0.25) is 0 Å². The number of nitrogens with one attached hydrogen (secondary N) is 1. The highest BCUT2D eigenvalue weighted by Gasteiger charge is 2.14. The molecule has 112 valence electrons. The van der Waals surface area contributed by atoms with E-state index in [9.17, 15) is 4.39 Å². The minimum absolute atomic E-state index is 0.189. The fourth-order valence-electron chi connectivity index (χ4n) is 2.67. The van der Waals surface area contributed by atoms with E-state index in [4.69, 9.17) is 0 Å². The van der Waals surface area contributed by atoms with Crippen molar-refractivity contribution in [3.05, 3.63) is 69.4 Å². The van der Waals surface area contributed by atoms with Crippen LogP contribution in [0.3, 0.4) is 0 Å². The maximum absolute atomic E-state index is 13.6. The molecular weight excluding hydrogens is 329 g/mol. The first-order valence-corrected chi connectivity index (χ1v) is 8.10. The van der Waals surface area contributed by atoms with Crippen LogP contribution in [0.5, 0.6) is 0 Å². The molecule has 1 N–H and O–H groups in total. The lowest BCUT2D eigenvalue weighted by Crippen LogP contribution is -2.23. The van der Waals surface area contributed by atoms with E-state index in [1.54, 1.807) is 6.07 Å². The summed E-state index contributed by atoms with van der Waals surface area (Å²) in [5.41, 5.74) is 3.64. The molecule has 0 aliphatic heterocycles. The van der Waals surface area contributed by atoms with Crippen molar-refractivity contribution in [2.75, 3.05) is 13.1 Å². The minimum atomic E-state index is -0.189. The van der Waals surface area contributed by atoms with Gasteiger partial charge in [0.05, 0.1) is 0 Å². The molecule has 2 aromatic carbocycles. The molecule has 0 aromatic heterocycles. The Labute approximate surface area is 134 Å². The van der Waals surface area contributed by atoms with Gasteiger partial charge < -0.3 is 5.32 Å². The Bertz CT molecular complexity index is 577. The molecule has 0 spiro atoms. The highest BCUT2D eigenvalue weighted by molar-refractivity contribution is 9.10. The second-order valence-electron chi connectivity index (χ2n) is 5.34. The molecule has 2 aromatic rings. The summed E-state index contributed by atoms with van der Waals surface area (Å²) in [7, 11) is 0. The second-order valence-corrected chi connectivity index (χ2v) is 6.26. The van der Waals surface area contributed by atoms with Gasteiger partial charge in [-0.2, -0.15) is 0 Å². The summed E-state index contributed by atoms with van der Waals surface area (Å²) >= 11 is 3.37. The second kappa shape index (κ2) is 7.71. The van der Waals surface area contributed by atoms with Crippen LogP contribution in [-0.2, 0) is 6.42 Å². The summed E-state index contributed by atoms with van der Waals surface area (Å²) in [6.07, 6.45) is 0.828. The molecule has 1 nitrogen and oxygen atoms in total. The lowest BCUT2D eigenvalue weighted by Gasteiger charge is -2.20. The maximum Gasteiger partial charge on any atom is 0.124 e. The predicted molar refractivity (Wildman–Crippen MR) is 90.3 cm³/mol. The molecule has 0 saturated heterocycles. The Morgan fingerprint density at radius 1 is 1.19 bits per heavy atom. The van der Waals surface area contributed by atoms with Crippen LogP contribution in [0.15, 0.2) is 46.9 Å². The van der Waals surface area contributed by atoms with E-state index in [2.05, 4.69) is 59.4 Å². The zero-order valence-corrected chi connectivity index (χ0v) is 14.1. The molecule has 2 rings (SSSR count). The lowest BCUT2D eigenvalue weighted by atomic mass is 9.89. The molecule has 1 unspecified atom stereocenters. The zero-order chi connectivity index (χ0) is 15.2. The molecule has 1 atom stereocenters. The molecule has 21 heavy (non-hydrogen) atoms. The van der Waals surface area contributed by atoms with Crippen molar-refractivity contribution in [1.82, 2.24) is 5.32 Å². The first kappa shape index (κ1) is 16.2. The van der Waals surface area contributed by atoms with Crippen molar-refractivity contribution in [1.29, 1.82) is 0 Å². The van der Waals surface area contributed by atoms with Crippen LogP contribution in [0.25, 0.3) is 0 Å². The zero-order valence-electron chi connectivity index (χ0n) is 12.5. The van der Waals surface area contributed by atoms with Gasteiger partial charge in [0.15, 0.2) is 0 Å². The van der Waals surface area contributed by atoms with Crippen LogP contribution < -0.4 is 5.32 Å². The highest BCUT2D eigenvalue weighted by Crippen LogP contribution is 2.25. The average molecular weight is 350 g/mol. The topological polar surface area (TPSA) is 12.0 Å². The molecule has 0 heterocycles. The van der Waals surface area contributed by atoms with E-state index in [1.807, 2.05) is 6.07 Å². The Morgan fingerprint density at radius 3 is 2.62 bits per heavy atom. The third-order valence-electron chi connectivity index (χ3n) is 3.67. The van der Waals surface area contributed by atoms with Crippen molar-refractivity contribution in [2.45, 2.75) is 26.2 Å². The van der Waals surface area contributed by atoms with Gasteiger partial charge in [0.1, 0.15) is 5.82 Å². The van der Waals surface area contributed by atoms with Gasteiger partial charge in [0, 0.05) is 16.9 Å². The predicted octanol–water partition coefficient (Wildman–Crippen LogP) is 4.83. The van der Waals surface area contributed by atoms with Gasteiger partial charge in [-0.15, -0.1) is 0 Å². The summed E-state index contributed by atoms with van der Waals surface area (Å²) in [6, 6.07) is 13.6. The number of aryl methyl sites for hydroxylation is 1. The standard InChI is InChI=1S/C18H21BrFN/c1-3-21-12-15(18-7-5-4-6-13(18)2)8-14-9-16(19)11-17(20)10-14/h4-7,9-11,15,21H,3,8,12H2,1-2H3. The number of halogens is 2. The molecule has 0 aliphatic rings. The maximum atomic E-state index is 13.6. The van der Waals surface area contributed by atoms with Gasteiger partial charge in [-0.05, 0) is 54.8 Å². The Kier molecular flexibility index (Phi) is 5.95. The molecule has 3 heteroatoms. The van der Waals surface area contributed by atoms with E-state index in [-0.39, 0.29) is 5.82 Å². The quantitative estimate of drug-likeness (QED) is 0.787. The molecule has 0 radical (unpaired) electrons. The minimum Gasteiger partial charge on any atom is -0.316 e. The fourth-order valence-corrected chi connectivity index (χ4v) is 3.18. The summed E-state index contributed by atoms with van der Waals surface area (Å²) < 4.78 is 14.4. The first-order chi connectivity index (χ1) is 10.1. The molecular formula is C18H21BrFN. The number of hydrogen-bond donors (Lipinski definition) is 1. The smallest absolute Gasteiger partial charge is 0.124 e. The van der Waals surface area contributed by atoms with E-state index in [1.165, 1.54) is 17.2 Å².